The minimum Gasteiger partial charge on any atom is -0.462 e. The number of carbonyl (C=O) groups excluding carboxylic acids is 1. The van der Waals surface area contributed by atoms with Gasteiger partial charge in [0.2, 0.25) is 10.0 Å². The van der Waals surface area contributed by atoms with Crippen LogP contribution in [0.3, 0.4) is 0 Å². The van der Waals surface area contributed by atoms with Crippen molar-refractivity contribution < 1.29 is 17.9 Å². The fourth-order valence-corrected chi connectivity index (χ4v) is 4.27. The average Bonchev–Trinajstić information content (AvgIpc) is 2.92. The molecule has 1 aromatic carbocycles. The maximum absolute atomic E-state index is 12.5. The van der Waals surface area contributed by atoms with E-state index in [1.807, 2.05) is 0 Å². The van der Waals surface area contributed by atoms with Crippen LogP contribution in [0.2, 0.25) is 4.34 Å². The first kappa shape index (κ1) is 17.9. The van der Waals surface area contributed by atoms with Crippen LogP contribution in [-0.2, 0) is 21.3 Å². The fraction of sp³-hybridized carbons (Fsp3) is 0.267. The molecule has 1 aromatic heterocycles. The lowest BCUT2D eigenvalue weighted by molar-refractivity contribution is 0.0526. The molecular formula is C15H16ClNO4S2. The summed E-state index contributed by atoms with van der Waals surface area (Å²) < 4.78 is 31.8. The SMILES string of the molecule is CCOC(=O)c1ccc(S(=O)(=O)N(C)Cc2ccc(Cl)s2)cc1. The zero-order valence-electron chi connectivity index (χ0n) is 12.7. The van der Waals surface area contributed by atoms with E-state index in [1.54, 1.807) is 19.1 Å². The number of hydrogen-bond donors (Lipinski definition) is 0. The third kappa shape index (κ3) is 4.32. The number of benzene rings is 1. The predicted octanol–water partition coefficient (Wildman–Crippen LogP) is 3.40. The van der Waals surface area contributed by atoms with E-state index in [0.717, 1.165) is 4.88 Å². The quantitative estimate of drug-likeness (QED) is 0.728. The number of sulfonamides is 1. The van der Waals surface area contributed by atoms with Gasteiger partial charge < -0.3 is 4.74 Å². The van der Waals surface area contributed by atoms with Crippen LogP contribution in [0.25, 0.3) is 0 Å². The van der Waals surface area contributed by atoms with Crippen molar-refractivity contribution in [2.24, 2.45) is 0 Å². The lowest BCUT2D eigenvalue weighted by Gasteiger charge is -2.16. The molecule has 0 bridgehead atoms. The Kier molecular flexibility index (Phi) is 5.80. The van der Waals surface area contributed by atoms with Gasteiger partial charge in [0, 0.05) is 18.5 Å². The molecule has 1 heterocycles. The smallest absolute Gasteiger partial charge is 0.338 e. The Morgan fingerprint density at radius 3 is 2.39 bits per heavy atom. The van der Waals surface area contributed by atoms with Crippen molar-refractivity contribution in [3.05, 3.63) is 51.2 Å². The third-order valence-corrected chi connectivity index (χ3v) is 6.11. The van der Waals surface area contributed by atoms with Gasteiger partial charge in [-0.1, -0.05) is 11.6 Å². The van der Waals surface area contributed by atoms with E-state index in [0.29, 0.717) is 9.90 Å². The molecule has 0 spiro atoms. The van der Waals surface area contributed by atoms with Crippen molar-refractivity contribution >= 4 is 38.9 Å². The van der Waals surface area contributed by atoms with Crippen molar-refractivity contribution in [1.82, 2.24) is 4.31 Å². The Morgan fingerprint density at radius 2 is 1.87 bits per heavy atom. The highest BCUT2D eigenvalue weighted by molar-refractivity contribution is 7.89. The first-order valence-corrected chi connectivity index (χ1v) is 9.45. The third-order valence-electron chi connectivity index (χ3n) is 3.08. The Bertz CT molecular complexity index is 784. The number of carbonyl (C=O) groups is 1. The van der Waals surface area contributed by atoms with Crippen molar-refractivity contribution in [3.63, 3.8) is 0 Å². The summed E-state index contributed by atoms with van der Waals surface area (Å²) >= 11 is 7.19. The van der Waals surface area contributed by atoms with Crippen LogP contribution >= 0.6 is 22.9 Å². The summed E-state index contributed by atoms with van der Waals surface area (Å²) in [4.78, 5) is 12.6. The lowest BCUT2D eigenvalue weighted by Crippen LogP contribution is -2.26. The molecule has 0 atom stereocenters. The number of halogens is 1. The van der Waals surface area contributed by atoms with Gasteiger partial charge in [-0.15, -0.1) is 11.3 Å². The zero-order chi connectivity index (χ0) is 17.0. The van der Waals surface area contributed by atoms with E-state index in [2.05, 4.69) is 0 Å². The van der Waals surface area contributed by atoms with E-state index in [-0.39, 0.29) is 18.0 Å². The molecule has 8 heteroatoms. The molecule has 0 aliphatic carbocycles. The fourth-order valence-electron chi connectivity index (χ4n) is 1.90. The number of esters is 1. The minimum absolute atomic E-state index is 0.121. The molecule has 5 nitrogen and oxygen atoms in total. The molecular weight excluding hydrogens is 358 g/mol. The molecule has 124 valence electrons. The molecule has 0 aliphatic heterocycles. The number of nitrogens with zero attached hydrogens (tertiary/aromatic N) is 1. The van der Waals surface area contributed by atoms with Crippen LogP contribution in [0.4, 0.5) is 0 Å². The standard InChI is InChI=1S/C15H16ClNO4S2/c1-3-21-15(18)11-4-7-13(8-5-11)23(19,20)17(2)10-12-6-9-14(16)22-12/h4-9H,3,10H2,1-2H3. The molecule has 23 heavy (non-hydrogen) atoms. The van der Waals surface area contributed by atoms with E-state index in [4.69, 9.17) is 16.3 Å². The maximum atomic E-state index is 12.5. The first-order valence-electron chi connectivity index (χ1n) is 6.82. The topological polar surface area (TPSA) is 63.7 Å². The number of hydrogen-bond acceptors (Lipinski definition) is 5. The minimum atomic E-state index is -3.64. The summed E-state index contributed by atoms with van der Waals surface area (Å²) in [7, 11) is -2.14. The van der Waals surface area contributed by atoms with E-state index < -0.39 is 16.0 Å². The van der Waals surface area contributed by atoms with Crippen LogP contribution in [0.1, 0.15) is 22.2 Å². The maximum Gasteiger partial charge on any atom is 0.338 e. The summed E-state index contributed by atoms with van der Waals surface area (Å²) in [5.74, 6) is -0.474. The normalized spacial score (nSPS) is 11.7. The molecule has 2 rings (SSSR count). The highest BCUT2D eigenvalue weighted by Gasteiger charge is 2.22. The summed E-state index contributed by atoms with van der Waals surface area (Å²) in [6.45, 7) is 2.22. The van der Waals surface area contributed by atoms with Crippen molar-refractivity contribution in [2.45, 2.75) is 18.4 Å². The van der Waals surface area contributed by atoms with Crippen LogP contribution in [0, 0.1) is 0 Å². The average molecular weight is 374 g/mol. The largest absolute Gasteiger partial charge is 0.462 e. The van der Waals surface area contributed by atoms with Gasteiger partial charge in [0.05, 0.1) is 21.4 Å². The Labute approximate surface area is 144 Å². The van der Waals surface area contributed by atoms with Crippen LogP contribution in [0.5, 0.6) is 0 Å². The second-order valence-electron chi connectivity index (χ2n) is 4.71. The van der Waals surface area contributed by atoms with Gasteiger partial charge in [-0.05, 0) is 43.3 Å². The van der Waals surface area contributed by atoms with Gasteiger partial charge in [0.1, 0.15) is 0 Å². The zero-order valence-corrected chi connectivity index (χ0v) is 15.0. The van der Waals surface area contributed by atoms with E-state index in [1.165, 1.54) is 47.0 Å². The Morgan fingerprint density at radius 1 is 1.22 bits per heavy atom. The van der Waals surface area contributed by atoms with Crippen LogP contribution in [-0.4, -0.2) is 32.3 Å². The molecule has 0 N–H and O–H groups in total. The van der Waals surface area contributed by atoms with Gasteiger partial charge in [-0.2, -0.15) is 4.31 Å². The second kappa shape index (κ2) is 7.44. The highest BCUT2D eigenvalue weighted by Crippen LogP contribution is 2.24. The van der Waals surface area contributed by atoms with Crippen LogP contribution < -0.4 is 0 Å². The molecule has 0 radical (unpaired) electrons. The second-order valence-corrected chi connectivity index (χ2v) is 8.56. The van der Waals surface area contributed by atoms with Gasteiger partial charge in [-0.3, -0.25) is 0 Å². The molecule has 0 saturated carbocycles. The number of thiophene rings is 1. The van der Waals surface area contributed by atoms with E-state index in [9.17, 15) is 13.2 Å². The van der Waals surface area contributed by atoms with Gasteiger partial charge >= 0.3 is 5.97 Å². The van der Waals surface area contributed by atoms with Crippen molar-refractivity contribution in [1.29, 1.82) is 0 Å². The lowest BCUT2D eigenvalue weighted by atomic mass is 10.2. The molecule has 0 saturated heterocycles. The molecule has 0 aliphatic rings. The van der Waals surface area contributed by atoms with Gasteiger partial charge in [0.15, 0.2) is 0 Å². The van der Waals surface area contributed by atoms with Gasteiger partial charge in [0.25, 0.3) is 0 Å². The summed E-state index contributed by atoms with van der Waals surface area (Å²) in [5.41, 5.74) is 0.318. The molecule has 0 fully saturated rings. The van der Waals surface area contributed by atoms with Crippen molar-refractivity contribution in [3.8, 4) is 0 Å². The summed E-state index contributed by atoms with van der Waals surface area (Å²) in [6, 6.07) is 9.22. The Hall–Kier alpha value is -1.41. The summed E-state index contributed by atoms with van der Waals surface area (Å²) in [6.07, 6.45) is 0. The molecule has 0 amide bonds. The monoisotopic (exact) mass is 373 g/mol. The predicted molar refractivity (Wildman–Crippen MR) is 90.4 cm³/mol. The highest BCUT2D eigenvalue weighted by atomic mass is 35.5. The summed E-state index contributed by atoms with van der Waals surface area (Å²) in [5, 5.41) is 0. The number of ether oxygens (including phenoxy) is 1. The molecule has 0 unspecified atom stereocenters. The first-order chi connectivity index (χ1) is 10.8. The Balaban J connectivity index is 2.16. The van der Waals surface area contributed by atoms with Crippen LogP contribution in [0.15, 0.2) is 41.3 Å². The van der Waals surface area contributed by atoms with E-state index >= 15 is 0 Å². The number of rotatable bonds is 6. The van der Waals surface area contributed by atoms with Crippen molar-refractivity contribution in [2.75, 3.05) is 13.7 Å². The molecule has 2 aromatic rings. The van der Waals surface area contributed by atoms with Gasteiger partial charge in [-0.25, -0.2) is 13.2 Å².